The Balaban J connectivity index is 1.46. The molecule has 5 rings (SSSR count). The Bertz CT molecular complexity index is 1610. The number of carbonyl (C=O) groups is 3. The maximum Gasteiger partial charge on any atom is 0.343 e. The molecule has 1 aliphatic heterocycles. The second-order valence-electron chi connectivity index (χ2n) is 9.24. The Morgan fingerprint density at radius 3 is 1.68 bits per heavy atom. The van der Waals surface area contributed by atoms with Crippen molar-refractivity contribution in [2.45, 2.75) is 12.1 Å². The fourth-order valence-electron chi connectivity index (χ4n) is 4.52. The molecule has 2 atom stereocenters. The standard InChI is InChI=1S/C31H25NO7S/c33-29(22-10-4-1-5-11-22)32(25-16-18-26(19-17-25)38-30(34)23-12-6-2-7-13-23)27-20-40(36,37)21-28(27)39-31(35)24-14-8-3-9-15-24/h1-19,27-28H,20-21H2/t27-,28-/m1/s1. The fraction of sp³-hybridized carbons (Fsp3) is 0.129. The monoisotopic (exact) mass is 555 g/mol. The molecule has 202 valence electrons. The van der Waals surface area contributed by atoms with Crippen molar-refractivity contribution < 1.29 is 32.3 Å². The first kappa shape index (κ1) is 26.8. The summed E-state index contributed by atoms with van der Waals surface area (Å²) in [7, 11) is -3.64. The predicted octanol–water partition coefficient (Wildman–Crippen LogP) is 4.58. The Morgan fingerprint density at radius 2 is 1.12 bits per heavy atom. The summed E-state index contributed by atoms with van der Waals surface area (Å²) in [6.45, 7) is 0. The van der Waals surface area contributed by atoms with Gasteiger partial charge in [0, 0.05) is 11.3 Å². The SMILES string of the molecule is O=C(Oc1ccc(N(C(=O)c2ccccc2)[C@@H]2CS(=O)(=O)C[C@H]2OC(=O)c2ccccc2)cc1)c1ccccc1. The van der Waals surface area contributed by atoms with E-state index < -0.39 is 45.6 Å². The van der Waals surface area contributed by atoms with Gasteiger partial charge in [0.2, 0.25) is 0 Å². The average molecular weight is 556 g/mol. The van der Waals surface area contributed by atoms with Crippen molar-refractivity contribution >= 4 is 33.4 Å². The van der Waals surface area contributed by atoms with Gasteiger partial charge in [0.05, 0.1) is 28.7 Å². The van der Waals surface area contributed by atoms with E-state index in [-0.39, 0.29) is 17.1 Å². The van der Waals surface area contributed by atoms with E-state index in [4.69, 9.17) is 9.47 Å². The molecule has 0 unspecified atom stereocenters. The first-order chi connectivity index (χ1) is 19.3. The normalized spacial score (nSPS) is 17.5. The quantitative estimate of drug-likeness (QED) is 0.243. The summed E-state index contributed by atoms with van der Waals surface area (Å²) in [4.78, 5) is 40.5. The molecule has 4 aromatic carbocycles. The van der Waals surface area contributed by atoms with Gasteiger partial charge in [-0.1, -0.05) is 54.6 Å². The van der Waals surface area contributed by atoms with Crippen molar-refractivity contribution in [1.29, 1.82) is 0 Å². The van der Waals surface area contributed by atoms with Crippen LogP contribution in [-0.4, -0.2) is 49.9 Å². The van der Waals surface area contributed by atoms with Gasteiger partial charge in [-0.15, -0.1) is 0 Å². The van der Waals surface area contributed by atoms with Gasteiger partial charge in [-0.2, -0.15) is 0 Å². The van der Waals surface area contributed by atoms with Crippen LogP contribution in [0.5, 0.6) is 5.75 Å². The second-order valence-corrected chi connectivity index (χ2v) is 11.4. The lowest BCUT2D eigenvalue weighted by atomic mass is 10.1. The number of ether oxygens (including phenoxy) is 2. The van der Waals surface area contributed by atoms with Gasteiger partial charge < -0.3 is 14.4 Å². The summed E-state index contributed by atoms with van der Waals surface area (Å²) in [5.74, 6) is -2.23. The van der Waals surface area contributed by atoms with Crippen LogP contribution < -0.4 is 9.64 Å². The van der Waals surface area contributed by atoms with Crippen LogP contribution in [0.15, 0.2) is 115 Å². The van der Waals surface area contributed by atoms with Crippen LogP contribution in [0.25, 0.3) is 0 Å². The van der Waals surface area contributed by atoms with Crippen molar-refractivity contribution in [3.63, 3.8) is 0 Å². The topological polar surface area (TPSA) is 107 Å². The third-order valence-electron chi connectivity index (χ3n) is 6.45. The number of carbonyl (C=O) groups excluding carboxylic acids is 3. The number of hydrogen-bond acceptors (Lipinski definition) is 7. The molecule has 8 nitrogen and oxygen atoms in total. The van der Waals surface area contributed by atoms with Crippen molar-refractivity contribution in [2.24, 2.45) is 0 Å². The number of anilines is 1. The molecule has 0 N–H and O–H groups in total. The van der Waals surface area contributed by atoms with Crippen LogP contribution in [0, 0.1) is 0 Å². The van der Waals surface area contributed by atoms with Crippen LogP contribution in [0.2, 0.25) is 0 Å². The van der Waals surface area contributed by atoms with Gasteiger partial charge >= 0.3 is 11.9 Å². The fourth-order valence-corrected chi connectivity index (χ4v) is 6.34. The van der Waals surface area contributed by atoms with Crippen LogP contribution in [0.1, 0.15) is 31.1 Å². The largest absolute Gasteiger partial charge is 0.455 e. The number of hydrogen-bond donors (Lipinski definition) is 0. The molecule has 0 spiro atoms. The van der Waals surface area contributed by atoms with Gasteiger partial charge in [-0.25, -0.2) is 18.0 Å². The molecule has 0 saturated carbocycles. The van der Waals surface area contributed by atoms with E-state index in [2.05, 4.69) is 0 Å². The predicted molar refractivity (Wildman–Crippen MR) is 149 cm³/mol. The van der Waals surface area contributed by atoms with Gasteiger partial charge in [0.25, 0.3) is 5.91 Å². The van der Waals surface area contributed by atoms with Crippen LogP contribution in [0.3, 0.4) is 0 Å². The number of esters is 2. The maximum absolute atomic E-state index is 13.8. The minimum absolute atomic E-state index is 0.246. The zero-order valence-electron chi connectivity index (χ0n) is 21.3. The zero-order chi connectivity index (χ0) is 28.1. The highest BCUT2D eigenvalue weighted by atomic mass is 32.2. The van der Waals surface area contributed by atoms with Crippen LogP contribution in [0.4, 0.5) is 5.69 Å². The van der Waals surface area contributed by atoms with Gasteiger partial charge in [0.1, 0.15) is 11.9 Å². The average Bonchev–Trinajstić information content (AvgIpc) is 3.28. The highest BCUT2D eigenvalue weighted by molar-refractivity contribution is 7.91. The summed E-state index contributed by atoms with van der Waals surface area (Å²) in [5.41, 5.74) is 1.35. The van der Waals surface area contributed by atoms with Gasteiger partial charge in [-0.3, -0.25) is 4.79 Å². The molecular formula is C31H25NO7S. The Morgan fingerprint density at radius 1 is 0.625 bits per heavy atom. The minimum Gasteiger partial charge on any atom is -0.455 e. The Kier molecular flexibility index (Phi) is 7.75. The first-order valence-electron chi connectivity index (χ1n) is 12.5. The van der Waals surface area contributed by atoms with E-state index in [1.165, 1.54) is 17.0 Å². The highest BCUT2D eigenvalue weighted by Crippen LogP contribution is 2.30. The molecule has 0 aliphatic carbocycles. The van der Waals surface area contributed by atoms with E-state index >= 15 is 0 Å². The number of nitrogens with zero attached hydrogens (tertiary/aromatic N) is 1. The van der Waals surface area contributed by atoms with Crippen molar-refractivity contribution in [3.05, 3.63) is 132 Å². The van der Waals surface area contributed by atoms with E-state index in [0.29, 0.717) is 16.8 Å². The zero-order valence-corrected chi connectivity index (χ0v) is 22.1. The lowest BCUT2D eigenvalue weighted by Crippen LogP contribution is -2.48. The first-order valence-corrected chi connectivity index (χ1v) is 14.4. The van der Waals surface area contributed by atoms with E-state index in [0.717, 1.165) is 0 Å². The molecule has 1 fully saturated rings. The lowest BCUT2D eigenvalue weighted by Gasteiger charge is -2.32. The number of rotatable bonds is 7. The third-order valence-corrected chi connectivity index (χ3v) is 8.13. The molecule has 0 bridgehead atoms. The lowest BCUT2D eigenvalue weighted by molar-refractivity contribution is 0.0314. The summed E-state index contributed by atoms with van der Waals surface area (Å²) < 4.78 is 36.7. The van der Waals surface area contributed by atoms with Crippen LogP contribution >= 0.6 is 0 Å². The van der Waals surface area contributed by atoms with Crippen molar-refractivity contribution in [3.8, 4) is 5.75 Å². The second kappa shape index (κ2) is 11.5. The number of benzene rings is 4. The molecule has 1 aliphatic rings. The molecule has 9 heteroatoms. The number of amides is 1. The molecule has 0 radical (unpaired) electrons. The molecule has 1 amide bonds. The van der Waals surface area contributed by atoms with E-state index in [9.17, 15) is 22.8 Å². The number of sulfone groups is 1. The Labute approximate surface area is 231 Å². The van der Waals surface area contributed by atoms with Gasteiger partial charge in [0.15, 0.2) is 9.84 Å². The van der Waals surface area contributed by atoms with Crippen molar-refractivity contribution in [1.82, 2.24) is 0 Å². The summed E-state index contributed by atoms with van der Waals surface area (Å²) in [6, 6.07) is 30.4. The third kappa shape index (κ3) is 6.10. The molecule has 4 aromatic rings. The molecule has 40 heavy (non-hydrogen) atoms. The van der Waals surface area contributed by atoms with E-state index in [1.807, 2.05) is 0 Å². The summed E-state index contributed by atoms with van der Waals surface area (Å²) in [6.07, 6.45) is -1.10. The molecule has 0 aromatic heterocycles. The minimum atomic E-state index is -3.64. The smallest absolute Gasteiger partial charge is 0.343 e. The molecule has 1 heterocycles. The molecular weight excluding hydrogens is 530 g/mol. The Hall–Kier alpha value is -4.76. The van der Waals surface area contributed by atoms with Crippen LogP contribution in [-0.2, 0) is 14.6 Å². The van der Waals surface area contributed by atoms with E-state index in [1.54, 1.807) is 103 Å². The summed E-state index contributed by atoms with van der Waals surface area (Å²) >= 11 is 0. The summed E-state index contributed by atoms with van der Waals surface area (Å²) in [5, 5.41) is 0. The van der Waals surface area contributed by atoms with Gasteiger partial charge in [-0.05, 0) is 60.7 Å². The van der Waals surface area contributed by atoms with Crippen molar-refractivity contribution in [2.75, 3.05) is 16.4 Å². The highest BCUT2D eigenvalue weighted by Gasteiger charge is 2.46. The maximum atomic E-state index is 13.8. The molecule has 1 saturated heterocycles.